The Kier molecular flexibility index (Phi) is 11.6. The molecule has 42 heavy (non-hydrogen) atoms. The van der Waals surface area contributed by atoms with Crippen LogP contribution in [0.1, 0.15) is 88.5 Å². The quantitative estimate of drug-likeness (QED) is 0.277. The molecule has 3 heterocycles. The summed E-state index contributed by atoms with van der Waals surface area (Å²) in [5, 5.41) is 0. The molecule has 0 spiro atoms. The first kappa shape index (κ1) is 33.5. The van der Waals surface area contributed by atoms with Crippen molar-refractivity contribution in [1.82, 2.24) is 0 Å². The Hall–Kier alpha value is -1.38. The maximum atomic E-state index is 6.94. The van der Waals surface area contributed by atoms with Gasteiger partial charge >= 0.3 is 0 Å². The Bertz CT molecular complexity index is 951. The summed E-state index contributed by atoms with van der Waals surface area (Å²) in [5.74, 6) is 3.89. The number of benzene rings is 1. The van der Waals surface area contributed by atoms with Crippen molar-refractivity contribution in [1.29, 1.82) is 0 Å². The zero-order valence-corrected chi connectivity index (χ0v) is 27.9. The molecular weight excluding hydrogens is 532 g/mol. The third kappa shape index (κ3) is 6.96. The van der Waals surface area contributed by atoms with Crippen LogP contribution in [0.25, 0.3) is 0 Å². The first-order valence-electron chi connectivity index (χ1n) is 16.6. The predicted molar refractivity (Wildman–Crippen MR) is 164 cm³/mol. The molecule has 240 valence electrons. The van der Waals surface area contributed by atoms with Crippen molar-refractivity contribution < 1.29 is 33.2 Å². The second-order valence-corrected chi connectivity index (χ2v) is 13.4. The third-order valence-electron chi connectivity index (χ3n) is 11.0. The Morgan fingerprint density at radius 3 is 1.38 bits per heavy atom. The average molecular weight is 591 g/mol. The van der Waals surface area contributed by atoms with E-state index in [1.54, 1.807) is 7.11 Å². The van der Waals surface area contributed by atoms with Crippen LogP contribution in [0.3, 0.4) is 0 Å². The summed E-state index contributed by atoms with van der Waals surface area (Å²) in [6.07, 6.45) is 1.02. The van der Waals surface area contributed by atoms with Gasteiger partial charge < -0.3 is 33.2 Å². The van der Waals surface area contributed by atoms with Gasteiger partial charge in [0.2, 0.25) is 6.29 Å². The first-order chi connectivity index (χ1) is 20.0. The summed E-state index contributed by atoms with van der Waals surface area (Å²) in [7, 11) is 1.66. The fourth-order valence-corrected chi connectivity index (χ4v) is 7.24. The van der Waals surface area contributed by atoms with Crippen LogP contribution in [0.15, 0.2) is 24.3 Å². The molecule has 1 aromatic rings. The first-order valence-corrected chi connectivity index (χ1v) is 16.6. The van der Waals surface area contributed by atoms with Crippen molar-refractivity contribution in [3.05, 3.63) is 24.3 Å². The fraction of sp³-hybridized carbons (Fsp3) is 0.829. The molecule has 15 atom stereocenters. The van der Waals surface area contributed by atoms with Crippen molar-refractivity contribution in [2.75, 3.05) is 7.11 Å². The van der Waals surface area contributed by atoms with E-state index in [9.17, 15) is 0 Å². The molecule has 0 saturated carbocycles. The predicted octanol–water partition coefficient (Wildman–Crippen LogP) is 7.70. The van der Waals surface area contributed by atoms with Gasteiger partial charge in [-0.15, -0.1) is 0 Å². The molecule has 7 heteroatoms. The molecular formula is C35H58O7. The van der Waals surface area contributed by atoms with Gasteiger partial charge in [-0.2, -0.15) is 0 Å². The van der Waals surface area contributed by atoms with E-state index in [0.29, 0.717) is 29.4 Å². The molecule has 3 saturated heterocycles. The number of hydrogen-bond donors (Lipinski definition) is 0. The summed E-state index contributed by atoms with van der Waals surface area (Å²) in [6.45, 7) is 22.5. The van der Waals surface area contributed by atoms with Crippen molar-refractivity contribution >= 4 is 0 Å². The summed E-state index contributed by atoms with van der Waals surface area (Å²) in [5.41, 5.74) is 0. The minimum atomic E-state index is -0.615. The lowest BCUT2D eigenvalue weighted by Gasteiger charge is -2.51. The van der Waals surface area contributed by atoms with Crippen LogP contribution in [0.5, 0.6) is 11.5 Å². The highest BCUT2D eigenvalue weighted by molar-refractivity contribution is 5.31. The Balaban J connectivity index is 1.61. The summed E-state index contributed by atoms with van der Waals surface area (Å²) < 4.78 is 45.7. The SMILES string of the molecule is CCC1O[C@@H](OC2[C@@H](Oc3ccc(OC)cc3)OC(CC)[C@@H](O[C@@H]3OC(CC)[C@@H](C)[C@H](C)C3C)[C@@H]2C)C(C)[C@@H](C)[C@@H]1C. The van der Waals surface area contributed by atoms with E-state index in [1.165, 1.54) is 0 Å². The molecule has 3 aliphatic heterocycles. The Labute approximate surface area is 255 Å². The molecule has 6 unspecified atom stereocenters. The summed E-state index contributed by atoms with van der Waals surface area (Å²) in [6, 6.07) is 7.62. The van der Waals surface area contributed by atoms with Crippen LogP contribution in [0, 0.1) is 41.4 Å². The van der Waals surface area contributed by atoms with Crippen LogP contribution in [-0.4, -0.2) is 56.5 Å². The normalized spacial score (nSPS) is 44.5. The van der Waals surface area contributed by atoms with E-state index in [2.05, 4.69) is 69.2 Å². The number of rotatable bonds is 10. The van der Waals surface area contributed by atoms with Gasteiger partial charge in [-0.1, -0.05) is 69.2 Å². The lowest BCUT2D eigenvalue weighted by atomic mass is 9.78. The van der Waals surface area contributed by atoms with Gasteiger partial charge in [0.15, 0.2) is 12.6 Å². The molecule has 0 amide bonds. The smallest absolute Gasteiger partial charge is 0.227 e. The van der Waals surface area contributed by atoms with Crippen molar-refractivity contribution in [2.24, 2.45) is 41.4 Å². The second kappa shape index (κ2) is 14.6. The molecule has 7 nitrogen and oxygen atoms in total. The van der Waals surface area contributed by atoms with Gasteiger partial charge in [0.05, 0.1) is 31.5 Å². The number of ether oxygens (including phenoxy) is 7. The van der Waals surface area contributed by atoms with E-state index < -0.39 is 12.4 Å². The largest absolute Gasteiger partial charge is 0.497 e. The van der Waals surface area contributed by atoms with Gasteiger partial charge in [-0.3, -0.25) is 0 Å². The highest BCUT2D eigenvalue weighted by Crippen LogP contribution is 2.43. The standard InChI is InChI=1S/C35H58O7/c1-12-28-21(6)19(4)23(8)33(38-28)41-31-25(10)32(42-34-24(9)20(5)22(7)29(13-2)39-34)35(40-30(31)14-3)37-27-17-15-26(36-11)16-18-27/h15-25,28-35H,12-14H2,1-11H3/t19-,20-,21-,22-,23?,24?,25-,28?,29?,30?,31-,32?,33-,34-,35-/m0/s1. The highest BCUT2D eigenvalue weighted by Gasteiger charge is 2.51. The van der Waals surface area contributed by atoms with Gasteiger partial charge in [0, 0.05) is 17.8 Å². The topological polar surface area (TPSA) is 64.6 Å². The van der Waals surface area contributed by atoms with E-state index in [0.717, 1.165) is 25.0 Å². The lowest BCUT2D eigenvalue weighted by molar-refractivity contribution is -0.353. The molecule has 0 bridgehead atoms. The molecule has 0 aliphatic carbocycles. The van der Waals surface area contributed by atoms with Crippen molar-refractivity contribution in [3.63, 3.8) is 0 Å². The van der Waals surface area contributed by atoms with E-state index in [-0.39, 0.29) is 54.7 Å². The minimum absolute atomic E-state index is 0.0250. The maximum Gasteiger partial charge on any atom is 0.227 e. The van der Waals surface area contributed by atoms with Crippen LogP contribution in [-0.2, 0) is 23.7 Å². The van der Waals surface area contributed by atoms with E-state index >= 15 is 0 Å². The third-order valence-corrected chi connectivity index (χ3v) is 11.0. The second-order valence-electron chi connectivity index (χ2n) is 13.4. The number of methoxy groups -OCH3 is 1. The van der Waals surface area contributed by atoms with Crippen LogP contribution in [0.4, 0.5) is 0 Å². The molecule has 0 aromatic heterocycles. The van der Waals surface area contributed by atoms with Crippen LogP contribution < -0.4 is 9.47 Å². The average Bonchev–Trinajstić information content (AvgIpc) is 3.00. The van der Waals surface area contributed by atoms with E-state index in [1.807, 2.05) is 24.3 Å². The molecule has 1 aromatic carbocycles. The van der Waals surface area contributed by atoms with Crippen LogP contribution in [0.2, 0.25) is 0 Å². The summed E-state index contributed by atoms with van der Waals surface area (Å²) in [4.78, 5) is 0. The zero-order valence-electron chi connectivity index (χ0n) is 27.9. The van der Waals surface area contributed by atoms with Gasteiger partial charge in [0.25, 0.3) is 0 Å². The maximum absolute atomic E-state index is 6.94. The lowest BCUT2D eigenvalue weighted by Crippen LogP contribution is -2.60. The molecule has 0 N–H and O–H groups in total. The van der Waals surface area contributed by atoms with Gasteiger partial charge in [-0.05, 0) is 67.2 Å². The summed E-state index contributed by atoms with van der Waals surface area (Å²) >= 11 is 0. The van der Waals surface area contributed by atoms with Crippen LogP contribution >= 0.6 is 0 Å². The van der Waals surface area contributed by atoms with Gasteiger partial charge in [-0.25, -0.2) is 0 Å². The van der Waals surface area contributed by atoms with E-state index in [4.69, 9.17) is 33.2 Å². The molecule has 0 radical (unpaired) electrons. The Morgan fingerprint density at radius 2 is 0.929 bits per heavy atom. The zero-order chi connectivity index (χ0) is 30.7. The minimum Gasteiger partial charge on any atom is -0.497 e. The molecule has 4 rings (SSSR count). The monoisotopic (exact) mass is 590 g/mol. The fourth-order valence-electron chi connectivity index (χ4n) is 7.24. The van der Waals surface area contributed by atoms with Gasteiger partial charge in [0.1, 0.15) is 17.6 Å². The molecule has 3 aliphatic rings. The highest BCUT2D eigenvalue weighted by atomic mass is 16.8. The van der Waals surface area contributed by atoms with Crippen molar-refractivity contribution in [2.45, 2.75) is 138 Å². The van der Waals surface area contributed by atoms with Crippen molar-refractivity contribution in [3.8, 4) is 11.5 Å². The Morgan fingerprint density at radius 1 is 0.500 bits per heavy atom. The number of hydrogen-bond acceptors (Lipinski definition) is 7. The molecule has 3 fully saturated rings.